The number of carbonyl (C=O) groups is 2. The number of esters is 1. The predicted molar refractivity (Wildman–Crippen MR) is 85.6 cm³/mol. The molecule has 1 heterocycles. The van der Waals surface area contributed by atoms with Gasteiger partial charge in [0.05, 0.1) is 19.1 Å². The Morgan fingerprint density at radius 1 is 1.23 bits per heavy atom. The van der Waals surface area contributed by atoms with Gasteiger partial charge in [-0.25, -0.2) is 0 Å². The van der Waals surface area contributed by atoms with Crippen molar-refractivity contribution in [1.82, 2.24) is 4.90 Å². The lowest BCUT2D eigenvalue weighted by atomic mass is 9.97. The summed E-state index contributed by atoms with van der Waals surface area (Å²) < 4.78 is 5.06. The first-order valence-electron chi connectivity index (χ1n) is 7.82. The summed E-state index contributed by atoms with van der Waals surface area (Å²) in [6, 6.07) is 9.62. The van der Waals surface area contributed by atoms with Crippen molar-refractivity contribution in [2.45, 2.75) is 19.8 Å². The fourth-order valence-corrected chi connectivity index (χ4v) is 2.68. The van der Waals surface area contributed by atoms with Crippen LogP contribution in [0.4, 0.5) is 5.69 Å². The molecule has 0 spiro atoms. The molecule has 0 aromatic heterocycles. The lowest BCUT2D eigenvalue weighted by molar-refractivity contribution is -0.149. The quantitative estimate of drug-likeness (QED) is 0.780. The lowest BCUT2D eigenvalue weighted by Crippen LogP contribution is -2.43. The van der Waals surface area contributed by atoms with Gasteiger partial charge in [-0.05, 0) is 45.0 Å². The van der Waals surface area contributed by atoms with Crippen molar-refractivity contribution >= 4 is 17.6 Å². The molecule has 0 bridgehead atoms. The number of piperidine rings is 1. The SMILES string of the molecule is CCOC(=O)C1CCN(CC(=O)N(C)c2ccccc2)CC1. The first-order valence-corrected chi connectivity index (χ1v) is 7.82. The van der Waals surface area contributed by atoms with E-state index in [0.717, 1.165) is 31.6 Å². The molecule has 1 amide bonds. The molecule has 0 radical (unpaired) electrons. The molecule has 2 rings (SSSR count). The minimum Gasteiger partial charge on any atom is -0.466 e. The summed E-state index contributed by atoms with van der Waals surface area (Å²) in [5.41, 5.74) is 0.897. The van der Waals surface area contributed by atoms with E-state index >= 15 is 0 Å². The van der Waals surface area contributed by atoms with Gasteiger partial charge in [0.1, 0.15) is 0 Å². The second-order valence-corrected chi connectivity index (χ2v) is 5.59. The molecule has 1 aromatic carbocycles. The third-order valence-electron chi connectivity index (χ3n) is 4.08. The van der Waals surface area contributed by atoms with Gasteiger partial charge in [0, 0.05) is 12.7 Å². The van der Waals surface area contributed by atoms with Crippen LogP contribution in [0.3, 0.4) is 0 Å². The molecule has 0 aliphatic carbocycles. The van der Waals surface area contributed by atoms with E-state index in [1.807, 2.05) is 37.3 Å². The minimum atomic E-state index is -0.102. The Morgan fingerprint density at radius 3 is 2.45 bits per heavy atom. The molecular formula is C17H24N2O3. The maximum absolute atomic E-state index is 12.3. The summed E-state index contributed by atoms with van der Waals surface area (Å²) in [7, 11) is 1.79. The van der Waals surface area contributed by atoms with Crippen molar-refractivity contribution in [3.05, 3.63) is 30.3 Å². The fraction of sp³-hybridized carbons (Fsp3) is 0.529. The Balaban J connectivity index is 1.81. The van der Waals surface area contributed by atoms with Gasteiger partial charge in [-0.1, -0.05) is 18.2 Å². The number of para-hydroxylation sites is 1. The second kappa shape index (κ2) is 7.94. The van der Waals surface area contributed by atoms with Crippen LogP contribution < -0.4 is 4.90 Å². The standard InChI is InChI=1S/C17H24N2O3/c1-3-22-17(21)14-9-11-19(12-10-14)13-16(20)18(2)15-7-5-4-6-8-15/h4-8,14H,3,9-13H2,1-2H3. The topological polar surface area (TPSA) is 49.9 Å². The molecule has 0 atom stereocenters. The number of carbonyl (C=O) groups excluding carboxylic acids is 2. The number of amides is 1. The second-order valence-electron chi connectivity index (χ2n) is 5.59. The molecule has 0 saturated carbocycles. The maximum Gasteiger partial charge on any atom is 0.309 e. The number of likely N-dealkylation sites (tertiary alicyclic amines) is 1. The number of hydrogen-bond acceptors (Lipinski definition) is 4. The molecule has 5 heteroatoms. The fourth-order valence-electron chi connectivity index (χ4n) is 2.68. The van der Waals surface area contributed by atoms with Gasteiger partial charge in [-0.2, -0.15) is 0 Å². The van der Waals surface area contributed by atoms with Gasteiger partial charge in [0.25, 0.3) is 0 Å². The summed E-state index contributed by atoms with van der Waals surface area (Å²) >= 11 is 0. The van der Waals surface area contributed by atoms with Crippen molar-refractivity contribution in [3.63, 3.8) is 0 Å². The highest BCUT2D eigenvalue weighted by Crippen LogP contribution is 2.19. The van der Waals surface area contributed by atoms with Crippen molar-refractivity contribution in [2.24, 2.45) is 5.92 Å². The lowest BCUT2D eigenvalue weighted by Gasteiger charge is -2.31. The van der Waals surface area contributed by atoms with Crippen LogP contribution in [-0.2, 0) is 14.3 Å². The molecule has 1 saturated heterocycles. The molecule has 1 aliphatic rings. The van der Waals surface area contributed by atoms with Gasteiger partial charge < -0.3 is 9.64 Å². The Bertz CT molecular complexity index is 496. The predicted octanol–water partition coefficient (Wildman–Crippen LogP) is 1.92. The van der Waals surface area contributed by atoms with E-state index in [0.29, 0.717) is 13.2 Å². The van der Waals surface area contributed by atoms with Crippen molar-refractivity contribution in [1.29, 1.82) is 0 Å². The summed E-state index contributed by atoms with van der Waals surface area (Å²) in [6.07, 6.45) is 1.53. The molecule has 120 valence electrons. The van der Waals surface area contributed by atoms with Gasteiger partial charge in [0.2, 0.25) is 5.91 Å². The monoisotopic (exact) mass is 304 g/mol. The molecule has 1 aromatic rings. The van der Waals surface area contributed by atoms with Crippen LogP contribution in [0.25, 0.3) is 0 Å². The van der Waals surface area contributed by atoms with E-state index in [2.05, 4.69) is 4.90 Å². The van der Waals surface area contributed by atoms with Crippen LogP contribution in [0, 0.1) is 5.92 Å². The van der Waals surface area contributed by atoms with Crippen LogP contribution in [0.15, 0.2) is 30.3 Å². The van der Waals surface area contributed by atoms with Crippen molar-refractivity contribution in [3.8, 4) is 0 Å². The smallest absolute Gasteiger partial charge is 0.309 e. The van der Waals surface area contributed by atoms with E-state index in [9.17, 15) is 9.59 Å². The normalized spacial score (nSPS) is 16.3. The minimum absolute atomic E-state index is 0.0156. The summed E-state index contributed by atoms with van der Waals surface area (Å²) in [5, 5.41) is 0. The average molecular weight is 304 g/mol. The van der Waals surface area contributed by atoms with E-state index in [-0.39, 0.29) is 17.8 Å². The van der Waals surface area contributed by atoms with Gasteiger partial charge in [-0.3, -0.25) is 14.5 Å². The third kappa shape index (κ3) is 4.31. The van der Waals surface area contributed by atoms with E-state index < -0.39 is 0 Å². The molecule has 0 unspecified atom stereocenters. The highest BCUT2D eigenvalue weighted by atomic mass is 16.5. The van der Waals surface area contributed by atoms with E-state index in [4.69, 9.17) is 4.74 Å². The number of hydrogen-bond donors (Lipinski definition) is 0. The summed E-state index contributed by atoms with van der Waals surface area (Å²) in [6.45, 7) is 4.17. The van der Waals surface area contributed by atoms with E-state index in [1.165, 1.54) is 0 Å². The molecule has 1 aliphatic heterocycles. The van der Waals surface area contributed by atoms with Gasteiger partial charge >= 0.3 is 5.97 Å². The van der Waals surface area contributed by atoms with Gasteiger partial charge in [0.15, 0.2) is 0 Å². The largest absolute Gasteiger partial charge is 0.466 e. The van der Waals surface area contributed by atoms with Crippen LogP contribution >= 0.6 is 0 Å². The highest BCUT2D eigenvalue weighted by Gasteiger charge is 2.27. The Kier molecular flexibility index (Phi) is 5.95. The zero-order valence-corrected chi connectivity index (χ0v) is 13.3. The summed E-state index contributed by atoms with van der Waals surface area (Å²) in [4.78, 5) is 27.8. The Hall–Kier alpha value is -1.88. The molecule has 1 fully saturated rings. The maximum atomic E-state index is 12.3. The van der Waals surface area contributed by atoms with Crippen LogP contribution in [0.2, 0.25) is 0 Å². The zero-order chi connectivity index (χ0) is 15.9. The third-order valence-corrected chi connectivity index (χ3v) is 4.08. The number of anilines is 1. The molecular weight excluding hydrogens is 280 g/mol. The first-order chi connectivity index (χ1) is 10.6. The van der Waals surface area contributed by atoms with Crippen molar-refractivity contribution in [2.75, 3.05) is 38.2 Å². The number of nitrogens with zero attached hydrogens (tertiary/aromatic N) is 2. The molecule has 22 heavy (non-hydrogen) atoms. The molecule has 0 N–H and O–H groups in total. The molecule has 5 nitrogen and oxygen atoms in total. The highest BCUT2D eigenvalue weighted by molar-refractivity contribution is 5.94. The first kappa shape index (κ1) is 16.5. The average Bonchev–Trinajstić information content (AvgIpc) is 2.55. The van der Waals surface area contributed by atoms with Gasteiger partial charge in [-0.15, -0.1) is 0 Å². The zero-order valence-electron chi connectivity index (χ0n) is 13.3. The number of likely N-dealkylation sites (N-methyl/N-ethyl adjacent to an activating group) is 1. The number of rotatable bonds is 5. The van der Waals surface area contributed by atoms with E-state index in [1.54, 1.807) is 11.9 Å². The van der Waals surface area contributed by atoms with Crippen molar-refractivity contribution < 1.29 is 14.3 Å². The summed E-state index contributed by atoms with van der Waals surface area (Å²) in [5.74, 6) is -0.0474. The van der Waals surface area contributed by atoms with Crippen LogP contribution in [0.5, 0.6) is 0 Å². The number of benzene rings is 1. The Morgan fingerprint density at radius 2 is 1.86 bits per heavy atom. The van der Waals surface area contributed by atoms with Crippen LogP contribution in [-0.4, -0.2) is 50.1 Å². The van der Waals surface area contributed by atoms with Crippen LogP contribution in [0.1, 0.15) is 19.8 Å². The Labute approximate surface area is 131 Å². The number of ether oxygens (including phenoxy) is 1.